The SMILES string of the molecule is CCCOc1cc(N2CCCC2C(N)=O)ccc1N. The molecule has 1 heterocycles. The third kappa shape index (κ3) is 2.92. The average molecular weight is 263 g/mol. The second kappa shape index (κ2) is 5.82. The zero-order chi connectivity index (χ0) is 13.8. The molecule has 1 aromatic carbocycles. The van der Waals surface area contributed by atoms with Crippen LogP contribution in [0.5, 0.6) is 5.75 Å². The maximum atomic E-state index is 11.4. The Kier molecular flexibility index (Phi) is 4.14. The standard InChI is InChI=1S/C14H21N3O2/c1-2-8-19-13-9-10(5-6-11(13)15)17-7-3-4-12(17)14(16)18/h5-6,9,12H,2-4,7-8,15H2,1H3,(H2,16,18). The fourth-order valence-electron chi connectivity index (χ4n) is 2.41. The number of nitrogen functional groups attached to an aromatic ring is 1. The summed E-state index contributed by atoms with van der Waals surface area (Å²) in [5.41, 5.74) is 12.9. The molecule has 1 unspecified atom stereocenters. The summed E-state index contributed by atoms with van der Waals surface area (Å²) in [7, 11) is 0. The van der Waals surface area contributed by atoms with Gasteiger partial charge in [0.1, 0.15) is 11.8 Å². The molecule has 1 saturated heterocycles. The summed E-state index contributed by atoms with van der Waals surface area (Å²) in [5.74, 6) is 0.403. The third-order valence-corrected chi connectivity index (χ3v) is 3.37. The molecule has 5 nitrogen and oxygen atoms in total. The molecule has 0 spiro atoms. The zero-order valence-electron chi connectivity index (χ0n) is 11.3. The lowest BCUT2D eigenvalue weighted by Crippen LogP contribution is -2.40. The van der Waals surface area contributed by atoms with Crippen LogP contribution < -0.4 is 21.1 Å². The molecule has 104 valence electrons. The van der Waals surface area contributed by atoms with Crippen molar-refractivity contribution in [1.29, 1.82) is 0 Å². The smallest absolute Gasteiger partial charge is 0.240 e. The number of anilines is 2. The van der Waals surface area contributed by atoms with Crippen molar-refractivity contribution in [3.05, 3.63) is 18.2 Å². The van der Waals surface area contributed by atoms with Gasteiger partial charge in [-0.15, -0.1) is 0 Å². The van der Waals surface area contributed by atoms with Crippen LogP contribution in [-0.2, 0) is 4.79 Å². The largest absolute Gasteiger partial charge is 0.491 e. The number of nitrogens with zero attached hydrogens (tertiary/aromatic N) is 1. The van der Waals surface area contributed by atoms with Crippen LogP contribution >= 0.6 is 0 Å². The topological polar surface area (TPSA) is 81.6 Å². The Bertz CT molecular complexity index is 462. The predicted octanol–water partition coefficient (Wildman–Crippen LogP) is 1.51. The van der Waals surface area contributed by atoms with E-state index in [-0.39, 0.29) is 11.9 Å². The molecule has 1 atom stereocenters. The molecule has 2 rings (SSSR count). The fraction of sp³-hybridized carbons (Fsp3) is 0.500. The Labute approximate surface area is 113 Å². The molecular weight excluding hydrogens is 242 g/mol. The van der Waals surface area contributed by atoms with Crippen molar-refractivity contribution in [1.82, 2.24) is 0 Å². The summed E-state index contributed by atoms with van der Waals surface area (Å²) < 4.78 is 5.61. The molecule has 0 radical (unpaired) electrons. The van der Waals surface area contributed by atoms with Gasteiger partial charge in [-0.25, -0.2) is 0 Å². The molecule has 0 bridgehead atoms. The molecule has 1 fully saturated rings. The second-order valence-electron chi connectivity index (χ2n) is 4.82. The number of nitrogens with two attached hydrogens (primary N) is 2. The lowest BCUT2D eigenvalue weighted by molar-refractivity contribution is -0.119. The third-order valence-electron chi connectivity index (χ3n) is 3.37. The summed E-state index contributed by atoms with van der Waals surface area (Å²) in [6.45, 7) is 3.52. The highest BCUT2D eigenvalue weighted by Crippen LogP contribution is 2.32. The van der Waals surface area contributed by atoms with E-state index in [1.807, 2.05) is 30.0 Å². The van der Waals surface area contributed by atoms with Crippen LogP contribution in [0.2, 0.25) is 0 Å². The Hall–Kier alpha value is -1.91. The normalized spacial score (nSPS) is 18.6. The van der Waals surface area contributed by atoms with Gasteiger partial charge < -0.3 is 21.1 Å². The van der Waals surface area contributed by atoms with Crippen molar-refractivity contribution in [2.24, 2.45) is 5.73 Å². The van der Waals surface area contributed by atoms with Crippen LogP contribution in [0.1, 0.15) is 26.2 Å². The second-order valence-corrected chi connectivity index (χ2v) is 4.82. The number of primary amides is 1. The number of ether oxygens (including phenoxy) is 1. The molecule has 0 aromatic heterocycles. The number of amides is 1. The monoisotopic (exact) mass is 263 g/mol. The number of hydrogen-bond donors (Lipinski definition) is 2. The van der Waals surface area contributed by atoms with E-state index in [4.69, 9.17) is 16.2 Å². The van der Waals surface area contributed by atoms with E-state index in [0.29, 0.717) is 18.0 Å². The number of carbonyl (C=O) groups excluding carboxylic acids is 1. The number of hydrogen-bond acceptors (Lipinski definition) is 4. The van der Waals surface area contributed by atoms with Gasteiger partial charge in [0.2, 0.25) is 5.91 Å². The van der Waals surface area contributed by atoms with Crippen LogP contribution in [-0.4, -0.2) is 25.1 Å². The van der Waals surface area contributed by atoms with E-state index in [2.05, 4.69) is 0 Å². The van der Waals surface area contributed by atoms with Gasteiger partial charge in [-0.3, -0.25) is 4.79 Å². The van der Waals surface area contributed by atoms with E-state index in [1.54, 1.807) is 0 Å². The number of rotatable bonds is 5. The van der Waals surface area contributed by atoms with Crippen LogP contribution in [0.3, 0.4) is 0 Å². The fourth-order valence-corrected chi connectivity index (χ4v) is 2.41. The summed E-state index contributed by atoms with van der Waals surface area (Å²) in [5, 5.41) is 0. The summed E-state index contributed by atoms with van der Waals surface area (Å²) in [6.07, 6.45) is 2.71. The van der Waals surface area contributed by atoms with Crippen LogP contribution in [0, 0.1) is 0 Å². The van der Waals surface area contributed by atoms with Gasteiger partial charge in [0, 0.05) is 18.3 Å². The van der Waals surface area contributed by atoms with E-state index >= 15 is 0 Å². The van der Waals surface area contributed by atoms with Gasteiger partial charge in [0.15, 0.2) is 0 Å². The summed E-state index contributed by atoms with van der Waals surface area (Å²) >= 11 is 0. The Morgan fingerprint density at radius 1 is 1.53 bits per heavy atom. The Morgan fingerprint density at radius 2 is 2.32 bits per heavy atom. The quantitative estimate of drug-likeness (QED) is 0.789. The van der Waals surface area contributed by atoms with Gasteiger partial charge in [0.25, 0.3) is 0 Å². The first-order valence-corrected chi connectivity index (χ1v) is 6.71. The molecule has 1 amide bonds. The number of benzene rings is 1. The zero-order valence-corrected chi connectivity index (χ0v) is 11.3. The maximum absolute atomic E-state index is 11.4. The van der Waals surface area contributed by atoms with E-state index < -0.39 is 0 Å². The van der Waals surface area contributed by atoms with Crippen LogP contribution in [0.4, 0.5) is 11.4 Å². The van der Waals surface area contributed by atoms with Gasteiger partial charge in [-0.1, -0.05) is 6.92 Å². The molecule has 1 aromatic rings. The van der Waals surface area contributed by atoms with Crippen molar-refractivity contribution < 1.29 is 9.53 Å². The van der Waals surface area contributed by atoms with E-state index in [9.17, 15) is 4.79 Å². The van der Waals surface area contributed by atoms with Crippen molar-refractivity contribution in [3.63, 3.8) is 0 Å². The Balaban J connectivity index is 2.22. The molecule has 1 aliphatic heterocycles. The molecular formula is C14H21N3O2. The van der Waals surface area contributed by atoms with Crippen molar-refractivity contribution in [3.8, 4) is 5.75 Å². The first-order valence-electron chi connectivity index (χ1n) is 6.71. The minimum Gasteiger partial charge on any atom is -0.491 e. The van der Waals surface area contributed by atoms with Crippen molar-refractivity contribution >= 4 is 17.3 Å². The van der Waals surface area contributed by atoms with E-state index in [0.717, 1.165) is 31.5 Å². The van der Waals surface area contributed by atoms with E-state index in [1.165, 1.54) is 0 Å². The van der Waals surface area contributed by atoms with Gasteiger partial charge in [0.05, 0.1) is 12.3 Å². The predicted molar refractivity (Wildman–Crippen MR) is 76.2 cm³/mol. The first kappa shape index (κ1) is 13.5. The van der Waals surface area contributed by atoms with Gasteiger partial charge in [-0.2, -0.15) is 0 Å². The molecule has 5 heteroatoms. The average Bonchev–Trinajstić information content (AvgIpc) is 2.87. The highest BCUT2D eigenvalue weighted by molar-refractivity contribution is 5.84. The van der Waals surface area contributed by atoms with Crippen LogP contribution in [0.25, 0.3) is 0 Å². The highest BCUT2D eigenvalue weighted by atomic mass is 16.5. The molecule has 0 aliphatic carbocycles. The molecule has 19 heavy (non-hydrogen) atoms. The van der Waals surface area contributed by atoms with Gasteiger partial charge in [-0.05, 0) is 31.4 Å². The van der Waals surface area contributed by atoms with Crippen LogP contribution in [0.15, 0.2) is 18.2 Å². The maximum Gasteiger partial charge on any atom is 0.240 e. The van der Waals surface area contributed by atoms with Crippen molar-refractivity contribution in [2.75, 3.05) is 23.8 Å². The Morgan fingerprint density at radius 3 is 3.00 bits per heavy atom. The summed E-state index contributed by atoms with van der Waals surface area (Å²) in [6, 6.07) is 5.40. The molecule has 1 aliphatic rings. The van der Waals surface area contributed by atoms with Gasteiger partial charge >= 0.3 is 0 Å². The lowest BCUT2D eigenvalue weighted by atomic mass is 10.2. The molecule has 4 N–H and O–H groups in total. The minimum absolute atomic E-state index is 0.220. The number of carbonyl (C=O) groups is 1. The summed E-state index contributed by atoms with van der Waals surface area (Å²) in [4.78, 5) is 13.5. The highest BCUT2D eigenvalue weighted by Gasteiger charge is 2.29. The van der Waals surface area contributed by atoms with Crippen molar-refractivity contribution in [2.45, 2.75) is 32.2 Å². The minimum atomic E-state index is -0.273. The first-order chi connectivity index (χ1) is 9.13. The molecule has 0 saturated carbocycles. The lowest BCUT2D eigenvalue weighted by Gasteiger charge is -2.25.